The molecule has 1 amide bonds. The molecule has 200 valence electrons. The number of carbonyl (C=O) groups is 1. The lowest BCUT2D eigenvalue weighted by molar-refractivity contribution is 0.0986. The van der Waals surface area contributed by atoms with E-state index >= 15 is 0 Å². The van der Waals surface area contributed by atoms with Gasteiger partial charge in [0.25, 0.3) is 5.91 Å². The van der Waals surface area contributed by atoms with Gasteiger partial charge in [0, 0.05) is 25.2 Å². The van der Waals surface area contributed by atoms with Crippen molar-refractivity contribution in [2.24, 2.45) is 0 Å². The standard InChI is InChI=1S/C29H34N4O3S2/c1-5-32(21-23-12-7-6-8-13-23)38(35,36)25-17-15-24(16-18-25)28(34)33(20-10-19-31(3)4)29-30-27-22(2)11-9-14-26(27)37-29/h6-9,11-18H,5,10,19-21H2,1-4H3. The SMILES string of the molecule is CCN(Cc1ccccc1)S(=O)(=O)c1ccc(C(=O)N(CCCN(C)C)c2nc3c(C)cccc3s2)cc1. The van der Waals surface area contributed by atoms with Crippen molar-refractivity contribution in [3.63, 3.8) is 0 Å². The van der Waals surface area contributed by atoms with Gasteiger partial charge in [0.2, 0.25) is 10.0 Å². The van der Waals surface area contributed by atoms with Crippen molar-refractivity contribution in [1.82, 2.24) is 14.2 Å². The van der Waals surface area contributed by atoms with Gasteiger partial charge in [-0.15, -0.1) is 0 Å². The second-order valence-electron chi connectivity index (χ2n) is 9.47. The van der Waals surface area contributed by atoms with E-state index in [4.69, 9.17) is 4.98 Å². The predicted molar refractivity (Wildman–Crippen MR) is 155 cm³/mol. The average molecular weight is 551 g/mol. The molecule has 1 aromatic heterocycles. The zero-order valence-electron chi connectivity index (χ0n) is 22.3. The number of hydrogen-bond acceptors (Lipinski definition) is 6. The molecule has 0 saturated carbocycles. The number of nitrogens with zero attached hydrogens (tertiary/aromatic N) is 4. The van der Waals surface area contributed by atoms with E-state index in [-0.39, 0.29) is 17.3 Å². The molecule has 0 spiro atoms. The number of benzene rings is 3. The maximum absolute atomic E-state index is 13.7. The summed E-state index contributed by atoms with van der Waals surface area (Å²) in [6, 6.07) is 21.8. The Morgan fingerprint density at radius 3 is 2.26 bits per heavy atom. The molecule has 0 aliphatic rings. The Kier molecular flexibility index (Phi) is 8.94. The predicted octanol–water partition coefficient (Wildman–Crippen LogP) is 5.41. The Bertz CT molecular complexity index is 1480. The summed E-state index contributed by atoms with van der Waals surface area (Å²) < 4.78 is 29.2. The number of sulfonamides is 1. The third kappa shape index (κ3) is 6.30. The van der Waals surface area contributed by atoms with Gasteiger partial charge in [-0.3, -0.25) is 9.69 Å². The molecule has 0 aliphatic heterocycles. The monoisotopic (exact) mass is 550 g/mol. The van der Waals surface area contributed by atoms with Crippen LogP contribution in [-0.4, -0.2) is 62.2 Å². The molecule has 1 heterocycles. The first-order chi connectivity index (χ1) is 18.2. The van der Waals surface area contributed by atoms with Crippen LogP contribution >= 0.6 is 11.3 Å². The fourth-order valence-electron chi connectivity index (χ4n) is 4.25. The van der Waals surface area contributed by atoms with Crippen molar-refractivity contribution in [1.29, 1.82) is 0 Å². The average Bonchev–Trinajstić information content (AvgIpc) is 3.35. The van der Waals surface area contributed by atoms with Gasteiger partial charge in [0.15, 0.2) is 5.13 Å². The van der Waals surface area contributed by atoms with Crippen molar-refractivity contribution in [3.8, 4) is 0 Å². The molecule has 0 atom stereocenters. The second kappa shape index (κ2) is 12.2. The zero-order chi connectivity index (χ0) is 27.3. The van der Waals surface area contributed by atoms with E-state index in [1.807, 2.05) is 76.5 Å². The molecule has 0 saturated heterocycles. The quantitative estimate of drug-likeness (QED) is 0.250. The molecule has 0 aliphatic carbocycles. The number of thiazole rings is 1. The van der Waals surface area contributed by atoms with Gasteiger partial charge in [-0.1, -0.05) is 60.7 Å². The zero-order valence-corrected chi connectivity index (χ0v) is 23.9. The van der Waals surface area contributed by atoms with E-state index in [0.29, 0.717) is 23.8 Å². The lowest BCUT2D eigenvalue weighted by Gasteiger charge is -2.22. The number of carbonyl (C=O) groups excluding carboxylic acids is 1. The minimum atomic E-state index is -3.72. The van der Waals surface area contributed by atoms with E-state index in [0.717, 1.165) is 34.3 Å². The molecule has 0 unspecified atom stereocenters. The van der Waals surface area contributed by atoms with Crippen molar-refractivity contribution >= 4 is 42.6 Å². The summed E-state index contributed by atoms with van der Waals surface area (Å²) in [6.45, 7) is 5.81. The van der Waals surface area contributed by atoms with Gasteiger partial charge in [0.05, 0.1) is 15.1 Å². The summed E-state index contributed by atoms with van der Waals surface area (Å²) in [5.41, 5.74) is 3.31. The second-order valence-corrected chi connectivity index (χ2v) is 12.4. The van der Waals surface area contributed by atoms with Crippen molar-refractivity contribution in [2.45, 2.75) is 31.7 Å². The van der Waals surface area contributed by atoms with E-state index < -0.39 is 10.0 Å². The maximum Gasteiger partial charge on any atom is 0.260 e. The summed E-state index contributed by atoms with van der Waals surface area (Å²) in [6.07, 6.45) is 0.783. The van der Waals surface area contributed by atoms with Gasteiger partial charge in [-0.25, -0.2) is 13.4 Å². The Balaban J connectivity index is 1.60. The molecule has 7 nitrogen and oxygen atoms in total. The van der Waals surface area contributed by atoms with Gasteiger partial charge in [0.1, 0.15) is 0 Å². The molecule has 3 aromatic carbocycles. The Morgan fingerprint density at radius 1 is 0.921 bits per heavy atom. The highest BCUT2D eigenvalue weighted by Crippen LogP contribution is 2.32. The topological polar surface area (TPSA) is 73.8 Å². The lowest BCUT2D eigenvalue weighted by atomic mass is 10.2. The number of amides is 1. The lowest BCUT2D eigenvalue weighted by Crippen LogP contribution is -2.33. The van der Waals surface area contributed by atoms with Gasteiger partial charge >= 0.3 is 0 Å². The van der Waals surface area contributed by atoms with Gasteiger partial charge in [-0.2, -0.15) is 4.31 Å². The number of fused-ring (bicyclic) bond motifs is 1. The van der Waals surface area contributed by atoms with Crippen LogP contribution in [0.15, 0.2) is 77.7 Å². The van der Waals surface area contributed by atoms with Crippen LogP contribution in [0.3, 0.4) is 0 Å². The third-order valence-electron chi connectivity index (χ3n) is 6.37. The highest BCUT2D eigenvalue weighted by atomic mass is 32.2. The van der Waals surface area contributed by atoms with Crippen LogP contribution in [0.1, 0.15) is 34.8 Å². The molecule has 0 fully saturated rings. The summed E-state index contributed by atoms with van der Waals surface area (Å²) in [4.78, 5) is 22.5. The summed E-state index contributed by atoms with van der Waals surface area (Å²) in [5, 5.41) is 0.648. The Labute approximate surface area is 229 Å². The molecule has 9 heteroatoms. The van der Waals surface area contributed by atoms with Crippen molar-refractivity contribution < 1.29 is 13.2 Å². The van der Waals surface area contributed by atoms with Gasteiger partial charge < -0.3 is 4.90 Å². The normalized spacial score (nSPS) is 11.9. The number of aromatic nitrogens is 1. The number of rotatable bonds is 11. The first-order valence-electron chi connectivity index (χ1n) is 12.7. The van der Waals surface area contributed by atoms with E-state index in [9.17, 15) is 13.2 Å². The van der Waals surface area contributed by atoms with Crippen LogP contribution in [0, 0.1) is 6.92 Å². The highest BCUT2D eigenvalue weighted by Gasteiger charge is 2.25. The number of anilines is 1. The van der Waals surface area contributed by atoms with Crippen LogP contribution in [0.5, 0.6) is 0 Å². The number of para-hydroxylation sites is 1. The van der Waals surface area contributed by atoms with Crippen LogP contribution in [-0.2, 0) is 16.6 Å². The smallest absolute Gasteiger partial charge is 0.260 e. The van der Waals surface area contributed by atoms with E-state index in [1.165, 1.54) is 27.8 Å². The molecule has 0 radical (unpaired) electrons. The molecular weight excluding hydrogens is 516 g/mol. The number of hydrogen-bond donors (Lipinski definition) is 0. The fraction of sp³-hybridized carbons (Fsp3) is 0.310. The molecule has 4 rings (SSSR count). The van der Waals surface area contributed by atoms with E-state index in [2.05, 4.69) is 4.90 Å². The largest absolute Gasteiger partial charge is 0.309 e. The minimum absolute atomic E-state index is 0.168. The molecular formula is C29H34N4O3S2. The Morgan fingerprint density at radius 2 is 1.63 bits per heavy atom. The highest BCUT2D eigenvalue weighted by molar-refractivity contribution is 7.89. The van der Waals surface area contributed by atoms with Crippen molar-refractivity contribution in [2.75, 3.05) is 38.6 Å². The van der Waals surface area contributed by atoms with Gasteiger partial charge in [-0.05, 0) is 75.4 Å². The Hall–Kier alpha value is -3.11. The molecule has 4 aromatic rings. The minimum Gasteiger partial charge on any atom is -0.309 e. The first-order valence-corrected chi connectivity index (χ1v) is 14.9. The summed E-state index contributed by atoms with van der Waals surface area (Å²) >= 11 is 1.49. The molecule has 0 bridgehead atoms. The first kappa shape index (κ1) is 27.9. The van der Waals surface area contributed by atoms with Crippen LogP contribution < -0.4 is 4.90 Å². The molecule has 0 N–H and O–H groups in total. The summed E-state index contributed by atoms with van der Waals surface area (Å²) in [5.74, 6) is -0.193. The van der Waals surface area contributed by atoms with Crippen LogP contribution in [0.4, 0.5) is 5.13 Å². The van der Waals surface area contributed by atoms with Crippen LogP contribution in [0.2, 0.25) is 0 Å². The molecule has 38 heavy (non-hydrogen) atoms. The fourth-order valence-corrected chi connectivity index (χ4v) is 6.75. The third-order valence-corrected chi connectivity index (χ3v) is 9.34. The number of aryl methyl sites for hydroxylation is 1. The van der Waals surface area contributed by atoms with E-state index in [1.54, 1.807) is 17.0 Å². The summed E-state index contributed by atoms with van der Waals surface area (Å²) in [7, 11) is 0.290. The maximum atomic E-state index is 13.7. The van der Waals surface area contributed by atoms with Crippen LogP contribution in [0.25, 0.3) is 10.2 Å². The van der Waals surface area contributed by atoms with Crippen molar-refractivity contribution in [3.05, 3.63) is 89.5 Å².